The summed E-state index contributed by atoms with van der Waals surface area (Å²) in [5, 5.41) is 28.0. The number of carbonyl (C=O) groups excluding carboxylic acids is 1. The number of nitrogens with two attached hydrogens (primary N) is 1. The Morgan fingerprint density at radius 3 is 2.59 bits per heavy atom. The summed E-state index contributed by atoms with van der Waals surface area (Å²) in [5.74, 6) is 0.0768. The SMILES string of the molecule is N#Cc1cc(O)ccc1-c1ccc2c(c1)C1(CCCC1)CN2C(=O)NCc1ccc(SN)cc1. The molecule has 1 fully saturated rings. The third-order valence-electron chi connectivity index (χ3n) is 7.06. The Morgan fingerprint density at radius 2 is 1.88 bits per heavy atom. The summed E-state index contributed by atoms with van der Waals surface area (Å²) in [7, 11) is 0. The van der Waals surface area contributed by atoms with Crippen LogP contribution in [-0.2, 0) is 12.0 Å². The molecule has 3 aromatic rings. The molecule has 1 heterocycles. The zero-order valence-corrected chi connectivity index (χ0v) is 19.6. The molecule has 1 saturated carbocycles. The number of fused-ring (bicyclic) bond motifs is 2. The average Bonchev–Trinajstić information content (AvgIpc) is 3.48. The van der Waals surface area contributed by atoms with Crippen molar-refractivity contribution in [3.8, 4) is 22.9 Å². The fourth-order valence-corrected chi connectivity index (χ4v) is 5.63. The minimum Gasteiger partial charge on any atom is -0.508 e. The zero-order chi connectivity index (χ0) is 23.7. The van der Waals surface area contributed by atoms with Crippen molar-refractivity contribution in [1.29, 1.82) is 5.26 Å². The number of amides is 2. The van der Waals surface area contributed by atoms with Crippen molar-refractivity contribution in [1.82, 2.24) is 5.32 Å². The second kappa shape index (κ2) is 9.05. The molecule has 0 radical (unpaired) electrons. The monoisotopic (exact) mass is 470 g/mol. The van der Waals surface area contributed by atoms with E-state index in [-0.39, 0.29) is 17.2 Å². The predicted octanol–water partition coefficient (Wildman–Crippen LogP) is 5.44. The molecule has 0 atom stereocenters. The lowest BCUT2D eigenvalue weighted by Gasteiger charge is -2.25. The van der Waals surface area contributed by atoms with Crippen LogP contribution in [0.4, 0.5) is 10.5 Å². The Hall–Kier alpha value is -3.47. The van der Waals surface area contributed by atoms with Crippen LogP contribution in [0.25, 0.3) is 11.1 Å². The highest BCUT2D eigenvalue weighted by Gasteiger charge is 2.46. The number of phenolic OH excluding ortho intramolecular Hbond substituents is 1. The van der Waals surface area contributed by atoms with Gasteiger partial charge in [-0.05, 0) is 89.5 Å². The van der Waals surface area contributed by atoms with Crippen molar-refractivity contribution < 1.29 is 9.90 Å². The number of carbonyl (C=O) groups is 1. The molecule has 172 valence electrons. The van der Waals surface area contributed by atoms with Gasteiger partial charge in [0, 0.05) is 29.1 Å². The van der Waals surface area contributed by atoms with Gasteiger partial charge in [0.25, 0.3) is 0 Å². The van der Waals surface area contributed by atoms with Gasteiger partial charge in [-0.2, -0.15) is 5.26 Å². The lowest BCUT2D eigenvalue weighted by Crippen LogP contribution is -2.41. The third kappa shape index (κ3) is 4.00. The quantitative estimate of drug-likeness (QED) is 0.441. The van der Waals surface area contributed by atoms with E-state index in [0.29, 0.717) is 18.7 Å². The van der Waals surface area contributed by atoms with Gasteiger partial charge in [-0.25, -0.2) is 4.79 Å². The molecular weight excluding hydrogens is 444 g/mol. The van der Waals surface area contributed by atoms with Gasteiger partial charge in [0.2, 0.25) is 0 Å². The van der Waals surface area contributed by atoms with Gasteiger partial charge in [-0.15, -0.1) is 0 Å². The van der Waals surface area contributed by atoms with Crippen LogP contribution in [0.15, 0.2) is 65.6 Å². The number of nitriles is 1. The van der Waals surface area contributed by atoms with Gasteiger partial charge in [0.05, 0.1) is 11.6 Å². The summed E-state index contributed by atoms with van der Waals surface area (Å²) < 4.78 is 0. The molecule has 7 heteroatoms. The molecule has 0 unspecified atom stereocenters. The van der Waals surface area contributed by atoms with Gasteiger partial charge < -0.3 is 10.4 Å². The molecular formula is C27H26N4O2S. The molecule has 1 aliphatic heterocycles. The van der Waals surface area contributed by atoms with E-state index in [4.69, 9.17) is 5.14 Å². The van der Waals surface area contributed by atoms with Crippen molar-refractivity contribution in [3.63, 3.8) is 0 Å². The van der Waals surface area contributed by atoms with Crippen LogP contribution in [0.1, 0.15) is 42.4 Å². The molecule has 1 spiro atoms. The van der Waals surface area contributed by atoms with Gasteiger partial charge in [0.1, 0.15) is 5.75 Å². The number of hydrogen-bond acceptors (Lipinski definition) is 5. The van der Waals surface area contributed by atoms with Crippen molar-refractivity contribution in [2.75, 3.05) is 11.4 Å². The smallest absolute Gasteiger partial charge is 0.322 e. The first kappa shape index (κ1) is 22.3. The van der Waals surface area contributed by atoms with Gasteiger partial charge in [-0.1, -0.05) is 31.0 Å². The van der Waals surface area contributed by atoms with Crippen LogP contribution in [0.5, 0.6) is 5.75 Å². The second-order valence-electron chi connectivity index (χ2n) is 9.07. The normalized spacial score (nSPS) is 15.8. The van der Waals surface area contributed by atoms with E-state index >= 15 is 0 Å². The maximum Gasteiger partial charge on any atom is 0.322 e. The number of rotatable bonds is 4. The van der Waals surface area contributed by atoms with Crippen LogP contribution in [0, 0.1) is 11.3 Å². The maximum atomic E-state index is 13.3. The zero-order valence-electron chi connectivity index (χ0n) is 18.8. The summed E-state index contributed by atoms with van der Waals surface area (Å²) in [4.78, 5) is 16.1. The van der Waals surface area contributed by atoms with Gasteiger partial charge in [-0.3, -0.25) is 10.0 Å². The summed E-state index contributed by atoms with van der Waals surface area (Å²) in [6.07, 6.45) is 4.39. The van der Waals surface area contributed by atoms with E-state index in [0.717, 1.165) is 53.0 Å². The maximum absolute atomic E-state index is 13.3. The summed E-state index contributed by atoms with van der Waals surface area (Å²) in [6, 6.07) is 20.9. The molecule has 2 amide bonds. The first-order valence-corrected chi connectivity index (χ1v) is 12.3. The molecule has 2 aliphatic rings. The Kier molecular flexibility index (Phi) is 5.94. The third-order valence-corrected chi connectivity index (χ3v) is 7.61. The molecule has 5 rings (SSSR count). The van der Waals surface area contributed by atoms with Crippen molar-refractivity contribution >= 4 is 23.7 Å². The summed E-state index contributed by atoms with van der Waals surface area (Å²) >= 11 is 1.20. The minimum absolute atomic E-state index is 0.0492. The molecule has 1 aliphatic carbocycles. The van der Waals surface area contributed by atoms with Crippen LogP contribution in [-0.4, -0.2) is 17.7 Å². The van der Waals surface area contributed by atoms with Crippen LogP contribution < -0.4 is 15.4 Å². The highest BCUT2D eigenvalue weighted by Crippen LogP contribution is 2.51. The van der Waals surface area contributed by atoms with Crippen LogP contribution in [0.3, 0.4) is 0 Å². The summed E-state index contributed by atoms with van der Waals surface area (Å²) in [6.45, 7) is 1.12. The number of nitrogens with zero attached hydrogens (tertiary/aromatic N) is 2. The van der Waals surface area contributed by atoms with E-state index in [1.165, 1.54) is 23.6 Å². The predicted molar refractivity (Wildman–Crippen MR) is 134 cm³/mol. The van der Waals surface area contributed by atoms with Gasteiger partial charge >= 0.3 is 6.03 Å². The highest BCUT2D eigenvalue weighted by molar-refractivity contribution is 7.97. The van der Waals surface area contributed by atoms with Crippen LogP contribution >= 0.6 is 11.9 Å². The lowest BCUT2D eigenvalue weighted by molar-refractivity contribution is 0.245. The largest absolute Gasteiger partial charge is 0.508 e. The molecule has 0 saturated heterocycles. The molecule has 6 nitrogen and oxygen atoms in total. The number of phenols is 1. The highest BCUT2D eigenvalue weighted by atomic mass is 32.2. The Labute approximate surface area is 203 Å². The fourth-order valence-electron chi connectivity index (χ4n) is 5.33. The van der Waals surface area contributed by atoms with Crippen molar-refractivity contribution in [2.45, 2.75) is 42.5 Å². The van der Waals surface area contributed by atoms with Crippen molar-refractivity contribution in [2.24, 2.45) is 5.14 Å². The van der Waals surface area contributed by atoms with Crippen LogP contribution in [0.2, 0.25) is 0 Å². The Bertz CT molecular complexity index is 1280. The van der Waals surface area contributed by atoms with E-state index in [9.17, 15) is 15.2 Å². The Morgan fingerprint density at radius 1 is 1.12 bits per heavy atom. The minimum atomic E-state index is -0.0996. The standard InChI is InChI=1S/C27H26N4O2S/c28-15-20-13-21(32)6-9-23(20)19-5-10-25-24(14-19)27(11-1-2-12-27)17-31(25)26(33)30-16-18-3-7-22(34-29)8-4-18/h3-10,13-14,32H,1-2,11-12,16-17,29H2,(H,30,33). The number of anilines is 1. The number of urea groups is 1. The first-order chi connectivity index (χ1) is 16.5. The fraction of sp³-hybridized carbons (Fsp3) is 0.259. The first-order valence-electron chi connectivity index (χ1n) is 11.4. The van der Waals surface area contributed by atoms with E-state index in [2.05, 4.69) is 17.5 Å². The second-order valence-corrected chi connectivity index (χ2v) is 9.77. The van der Waals surface area contributed by atoms with Crippen molar-refractivity contribution in [3.05, 3.63) is 77.4 Å². The average molecular weight is 471 g/mol. The Balaban J connectivity index is 1.44. The van der Waals surface area contributed by atoms with E-state index in [1.807, 2.05) is 41.3 Å². The van der Waals surface area contributed by atoms with E-state index < -0.39 is 0 Å². The molecule has 3 aromatic carbocycles. The number of benzene rings is 3. The number of nitrogens with one attached hydrogen (secondary N) is 1. The number of hydrogen-bond donors (Lipinski definition) is 3. The topological polar surface area (TPSA) is 102 Å². The summed E-state index contributed by atoms with van der Waals surface area (Å²) in [5.41, 5.74) is 5.25. The molecule has 34 heavy (non-hydrogen) atoms. The number of aromatic hydroxyl groups is 1. The lowest BCUT2D eigenvalue weighted by atomic mass is 9.79. The molecule has 0 aromatic heterocycles. The molecule has 4 N–H and O–H groups in total. The van der Waals surface area contributed by atoms with E-state index in [1.54, 1.807) is 12.1 Å². The molecule has 0 bridgehead atoms. The van der Waals surface area contributed by atoms with Gasteiger partial charge in [0.15, 0.2) is 0 Å².